The van der Waals surface area contributed by atoms with Gasteiger partial charge in [0.2, 0.25) is 0 Å². The van der Waals surface area contributed by atoms with Gasteiger partial charge in [-0.25, -0.2) is 0 Å². The molecule has 1 unspecified atom stereocenters. The Hall–Kier alpha value is -1.07. The zero-order valence-corrected chi connectivity index (χ0v) is 10.0. The van der Waals surface area contributed by atoms with Gasteiger partial charge in [-0.2, -0.15) is 13.2 Å². The Labute approximate surface area is 104 Å². The van der Waals surface area contributed by atoms with Gasteiger partial charge in [0.05, 0.1) is 12.0 Å². The van der Waals surface area contributed by atoms with Crippen LogP contribution in [0.5, 0.6) is 0 Å². The average Bonchev–Trinajstić information content (AvgIpc) is 2.90. The fraction of sp³-hybridized carbons (Fsp3) is 0.538. The highest BCUT2D eigenvalue weighted by atomic mass is 19.4. The molecule has 18 heavy (non-hydrogen) atoms. The van der Waals surface area contributed by atoms with E-state index in [4.69, 9.17) is 0 Å². The highest BCUT2D eigenvalue weighted by Gasteiger charge is 2.45. The summed E-state index contributed by atoms with van der Waals surface area (Å²) in [7, 11) is 0. The molecule has 2 aliphatic heterocycles. The van der Waals surface area contributed by atoms with E-state index >= 15 is 0 Å². The summed E-state index contributed by atoms with van der Waals surface area (Å²) < 4.78 is 37.3. The average molecular weight is 258 g/mol. The van der Waals surface area contributed by atoms with Gasteiger partial charge in [0.15, 0.2) is 0 Å². The molecule has 0 saturated carbocycles. The number of piperazine rings is 1. The fourth-order valence-corrected chi connectivity index (χ4v) is 3.21. The molecule has 0 spiro atoms. The molecule has 1 aromatic rings. The Kier molecular flexibility index (Phi) is 2.83. The minimum Gasteiger partial charge on any atom is -0.334 e. The standard InChI is InChI=1S/C13H15F3N2/c14-13(15,16)10-3-1-9(2-4-10)7-18-8-11-5-12(18)6-17-11/h1-4,11-12,17H,5-8H2/p+2/t11-,12-/m1/s1. The summed E-state index contributed by atoms with van der Waals surface area (Å²) in [5.41, 5.74) is 0.447. The van der Waals surface area contributed by atoms with Gasteiger partial charge in [0.1, 0.15) is 31.7 Å². The first-order valence-electron chi connectivity index (χ1n) is 6.36. The van der Waals surface area contributed by atoms with Crippen molar-refractivity contribution in [3.05, 3.63) is 35.4 Å². The molecule has 2 bridgehead atoms. The van der Waals surface area contributed by atoms with Crippen molar-refractivity contribution < 1.29 is 23.4 Å². The molecular weight excluding hydrogens is 241 g/mol. The molecule has 3 N–H and O–H groups in total. The maximum absolute atomic E-state index is 12.4. The van der Waals surface area contributed by atoms with Crippen LogP contribution < -0.4 is 10.2 Å². The van der Waals surface area contributed by atoms with Crippen LogP contribution in [-0.2, 0) is 12.7 Å². The van der Waals surface area contributed by atoms with Crippen LogP contribution in [0, 0.1) is 0 Å². The highest BCUT2D eigenvalue weighted by molar-refractivity contribution is 5.24. The molecule has 2 saturated heterocycles. The van der Waals surface area contributed by atoms with E-state index in [9.17, 15) is 13.2 Å². The zero-order chi connectivity index (χ0) is 12.8. The summed E-state index contributed by atoms with van der Waals surface area (Å²) in [6, 6.07) is 7.04. The number of alkyl halides is 3. The number of hydrogen-bond acceptors (Lipinski definition) is 0. The number of fused-ring (bicyclic) bond motifs is 2. The molecule has 1 aromatic carbocycles. The molecule has 2 nitrogen and oxygen atoms in total. The Morgan fingerprint density at radius 2 is 1.94 bits per heavy atom. The molecule has 0 amide bonds. The third kappa shape index (κ3) is 2.24. The van der Waals surface area contributed by atoms with Crippen molar-refractivity contribution in [1.82, 2.24) is 0 Å². The first-order chi connectivity index (χ1) is 8.52. The number of rotatable bonds is 2. The van der Waals surface area contributed by atoms with E-state index < -0.39 is 11.7 Å². The molecule has 2 fully saturated rings. The lowest BCUT2D eigenvalue weighted by molar-refractivity contribution is -0.963. The van der Waals surface area contributed by atoms with Crippen LogP contribution in [0.2, 0.25) is 0 Å². The molecular formula is C13H17F3N2+2. The quantitative estimate of drug-likeness (QED) is 0.734. The summed E-state index contributed by atoms with van der Waals surface area (Å²) in [6.07, 6.45) is -2.97. The van der Waals surface area contributed by atoms with E-state index in [1.54, 1.807) is 12.1 Å². The second kappa shape index (κ2) is 4.24. The zero-order valence-electron chi connectivity index (χ0n) is 10.0. The summed E-state index contributed by atoms with van der Waals surface area (Å²) in [5.74, 6) is 0. The molecule has 0 aliphatic carbocycles. The number of likely N-dealkylation sites (tertiary alicyclic amines) is 1. The van der Waals surface area contributed by atoms with Crippen molar-refractivity contribution in [3.8, 4) is 0 Å². The summed E-state index contributed by atoms with van der Waals surface area (Å²) >= 11 is 0. The molecule has 3 rings (SSSR count). The number of quaternary nitrogens is 2. The van der Waals surface area contributed by atoms with Crippen molar-refractivity contribution in [2.45, 2.75) is 31.2 Å². The third-order valence-electron chi connectivity index (χ3n) is 4.16. The second-order valence-corrected chi connectivity index (χ2v) is 5.40. The van der Waals surface area contributed by atoms with E-state index in [0.717, 1.165) is 24.7 Å². The maximum atomic E-state index is 12.4. The summed E-state index contributed by atoms with van der Waals surface area (Å²) in [6.45, 7) is 3.17. The van der Waals surface area contributed by atoms with Crippen molar-refractivity contribution in [3.63, 3.8) is 0 Å². The van der Waals surface area contributed by atoms with Gasteiger partial charge in [-0.1, -0.05) is 12.1 Å². The van der Waals surface area contributed by atoms with Gasteiger partial charge < -0.3 is 10.2 Å². The molecule has 2 heterocycles. The fourth-order valence-electron chi connectivity index (χ4n) is 3.21. The minimum atomic E-state index is -4.23. The van der Waals surface area contributed by atoms with Crippen LogP contribution in [0.4, 0.5) is 13.2 Å². The number of benzene rings is 1. The van der Waals surface area contributed by atoms with E-state index in [2.05, 4.69) is 5.32 Å². The molecule has 3 atom stereocenters. The van der Waals surface area contributed by atoms with Gasteiger partial charge in [0, 0.05) is 5.56 Å². The van der Waals surface area contributed by atoms with E-state index in [-0.39, 0.29) is 0 Å². The number of hydrogen-bond donors (Lipinski definition) is 2. The van der Waals surface area contributed by atoms with Gasteiger partial charge in [0.25, 0.3) is 0 Å². The van der Waals surface area contributed by atoms with Crippen LogP contribution in [-0.4, -0.2) is 25.2 Å². The largest absolute Gasteiger partial charge is 0.416 e. The van der Waals surface area contributed by atoms with Crippen LogP contribution in [0.3, 0.4) is 0 Å². The topological polar surface area (TPSA) is 21.1 Å². The molecule has 2 aliphatic rings. The lowest BCUT2D eigenvalue weighted by Gasteiger charge is -2.22. The summed E-state index contributed by atoms with van der Waals surface area (Å²) in [4.78, 5) is 1.53. The Bertz CT molecular complexity index is 427. The smallest absolute Gasteiger partial charge is 0.334 e. The first kappa shape index (κ1) is 12.0. The van der Waals surface area contributed by atoms with Gasteiger partial charge >= 0.3 is 6.18 Å². The van der Waals surface area contributed by atoms with E-state index in [1.807, 2.05) is 0 Å². The van der Waals surface area contributed by atoms with E-state index in [0.29, 0.717) is 6.04 Å². The normalized spacial score (nSPS) is 30.9. The highest BCUT2D eigenvalue weighted by Crippen LogP contribution is 2.28. The number of nitrogens with one attached hydrogen (secondary N) is 1. The van der Waals surface area contributed by atoms with Crippen LogP contribution in [0.25, 0.3) is 0 Å². The maximum Gasteiger partial charge on any atom is 0.416 e. The number of nitrogens with two attached hydrogens (primary N) is 1. The molecule has 98 valence electrons. The lowest BCUT2D eigenvalue weighted by Crippen LogP contribution is -3.19. The Morgan fingerprint density at radius 3 is 2.44 bits per heavy atom. The minimum absolute atomic E-state index is 0.558. The van der Waals surface area contributed by atoms with Crippen molar-refractivity contribution in [1.29, 1.82) is 0 Å². The Balaban J connectivity index is 1.67. The van der Waals surface area contributed by atoms with Crippen LogP contribution >= 0.6 is 0 Å². The SMILES string of the molecule is FC(F)(F)c1ccc(C[NH+]2C[C@H]3C[C@@H]2C[NH2+]3)cc1. The van der Waals surface area contributed by atoms with Crippen LogP contribution in [0.1, 0.15) is 17.5 Å². The summed E-state index contributed by atoms with van der Waals surface area (Å²) in [5, 5.41) is 2.39. The predicted octanol–water partition coefficient (Wildman–Crippen LogP) is -0.192. The van der Waals surface area contributed by atoms with Crippen molar-refractivity contribution in [2.75, 3.05) is 13.1 Å². The predicted molar refractivity (Wildman–Crippen MR) is 60.0 cm³/mol. The monoisotopic (exact) mass is 258 g/mol. The third-order valence-corrected chi connectivity index (χ3v) is 4.16. The van der Waals surface area contributed by atoms with Gasteiger partial charge in [-0.3, -0.25) is 0 Å². The van der Waals surface area contributed by atoms with Gasteiger partial charge in [-0.05, 0) is 12.1 Å². The number of halogens is 3. The Morgan fingerprint density at radius 1 is 1.22 bits per heavy atom. The van der Waals surface area contributed by atoms with Gasteiger partial charge in [-0.15, -0.1) is 0 Å². The molecule has 0 radical (unpaired) electrons. The van der Waals surface area contributed by atoms with Crippen molar-refractivity contribution in [2.24, 2.45) is 0 Å². The first-order valence-corrected chi connectivity index (χ1v) is 6.36. The lowest BCUT2D eigenvalue weighted by atomic mass is 10.1. The van der Waals surface area contributed by atoms with Crippen LogP contribution in [0.15, 0.2) is 24.3 Å². The van der Waals surface area contributed by atoms with Crippen molar-refractivity contribution >= 4 is 0 Å². The molecule has 0 aromatic heterocycles. The van der Waals surface area contributed by atoms with E-state index in [1.165, 1.54) is 30.0 Å². The molecule has 5 heteroatoms. The second-order valence-electron chi connectivity index (χ2n) is 5.40.